The van der Waals surface area contributed by atoms with E-state index in [4.69, 9.17) is 4.74 Å². The van der Waals surface area contributed by atoms with Crippen molar-refractivity contribution >= 4 is 16.0 Å². The van der Waals surface area contributed by atoms with E-state index in [2.05, 4.69) is 29.4 Å². The van der Waals surface area contributed by atoms with E-state index in [0.29, 0.717) is 23.0 Å². The highest BCUT2D eigenvalue weighted by Crippen LogP contribution is 2.35. The Labute approximate surface area is 190 Å². The number of rotatable bonds is 9. The van der Waals surface area contributed by atoms with Crippen LogP contribution >= 0.6 is 0 Å². The van der Waals surface area contributed by atoms with Gasteiger partial charge >= 0.3 is 5.97 Å². The number of carbonyl (C=O) groups excluding carboxylic acids is 1. The van der Waals surface area contributed by atoms with Gasteiger partial charge in [0, 0.05) is 12.1 Å². The van der Waals surface area contributed by atoms with Crippen molar-refractivity contribution in [2.75, 3.05) is 20.3 Å². The molecule has 0 saturated carbocycles. The maximum absolute atomic E-state index is 13.0. The fourth-order valence-corrected chi connectivity index (χ4v) is 4.80. The molecular formula is C25H29NO5S. The highest BCUT2D eigenvalue weighted by Gasteiger charge is 2.23. The molecular weight excluding hydrogens is 426 g/mol. The van der Waals surface area contributed by atoms with Gasteiger partial charge in [0.2, 0.25) is 10.0 Å². The van der Waals surface area contributed by atoms with Gasteiger partial charge in [-0.25, -0.2) is 17.9 Å². The molecule has 1 aromatic rings. The van der Waals surface area contributed by atoms with Gasteiger partial charge in [-0.3, -0.25) is 0 Å². The van der Waals surface area contributed by atoms with E-state index in [9.17, 15) is 13.2 Å². The Kier molecular flexibility index (Phi) is 7.53. The van der Waals surface area contributed by atoms with Gasteiger partial charge in [0.25, 0.3) is 0 Å². The first kappa shape index (κ1) is 23.8. The minimum Gasteiger partial charge on any atom is -0.482 e. The van der Waals surface area contributed by atoms with Crippen molar-refractivity contribution in [2.45, 2.75) is 38.0 Å². The lowest BCUT2D eigenvalue weighted by Crippen LogP contribution is -2.26. The predicted molar refractivity (Wildman–Crippen MR) is 125 cm³/mol. The molecule has 32 heavy (non-hydrogen) atoms. The molecule has 2 aliphatic rings. The van der Waals surface area contributed by atoms with E-state index >= 15 is 0 Å². The number of hydrogen-bond acceptors (Lipinski definition) is 5. The Bertz CT molecular complexity index is 1150. The third-order valence-corrected chi connectivity index (χ3v) is 6.88. The average Bonchev–Trinajstić information content (AvgIpc) is 2.94. The number of esters is 1. The second-order valence-electron chi connectivity index (χ2n) is 8.00. The summed E-state index contributed by atoms with van der Waals surface area (Å²) in [5, 5.41) is 0. The van der Waals surface area contributed by atoms with E-state index in [0.717, 1.165) is 27.8 Å². The third-order valence-electron chi connectivity index (χ3n) is 5.38. The molecule has 2 aliphatic carbocycles. The largest absolute Gasteiger partial charge is 0.482 e. The lowest BCUT2D eigenvalue weighted by molar-refractivity contribution is -0.142. The molecule has 1 N–H and O–H groups in total. The standard InChI is InChI=1S/C25H29NO5S/c1-17(2)20-7-11-22-18(3)15-24(23(22)12-8-20)32(28,29)26-14-13-19-5-9-21(10-6-19)31-16-25(27)30-4/h5-12,15,17,26H,13-14,16H2,1-4H3. The number of methoxy groups -OCH3 is 1. The summed E-state index contributed by atoms with van der Waals surface area (Å²) in [5.74, 6) is 0.460. The van der Waals surface area contributed by atoms with Gasteiger partial charge in [0.15, 0.2) is 6.61 Å². The van der Waals surface area contributed by atoms with Crippen molar-refractivity contribution in [3.63, 3.8) is 0 Å². The van der Waals surface area contributed by atoms with Crippen LogP contribution in [0.4, 0.5) is 0 Å². The number of carbonyl (C=O) groups is 1. The molecule has 0 atom stereocenters. The van der Waals surface area contributed by atoms with Gasteiger partial charge in [-0.2, -0.15) is 0 Å². The molecule has 0 amide bonds. The Morgan fingerprint density at radius 2 is 1.66 bits per heavy atom. The number of ether oxygens (including phenoxy) is 2. The summed E-state index contributed by atoms with van der Waals surface area (Å²) < 4.78 is 38.6. The first-order chi connectivity index (χ1) is 15.2. The highest BCUT2D eigenvalue weighted by atomic mass is 32.2. The van der Waals surface area contributed by atoms with Crippen LogP contribution in [-0.4, -0.2) is 34.6 Å². The number of hydrogen-bond donors (Lipinski definition) is 1. The van der Waals surface area contributed by atoms with Crippen LogP contribution < -0.4 is 9.46 Å². The Hall–Kier alpha value is -2.90. The predicted octanol–water partition coefficient (Wildman–Crippen LogP) is 4.30. The SMILES string of the molecule is COC(=O)COc1ccc(CCNS(=O)(=O)c2cc(C)c3ccc(C(C)C)ccc2-3)cc1. The molecule has 0 unspecified atom stereocenters. The molecule has 7 heteroatoms. The van der Waals surface area contributed by atoms with Crippen molar-refractivity contribution in [1.82, 2.24) is 4.72 Å². The normalized spacial score (nSPS) is 11.7. The van der Waals surface area contributed by atoms with Crippen LogP contribution in [0, 0.1) is 6.92 Å². The quantitative estimate of drug-likeness (QED) is 0.487. The summed E-state index contributed by atoms with van der Waals surface area (Å²) in [7, 11) is -2.35. The molecule has 3 rings (SSSR count). The summed E-state index contributed by atoms with van der Waals surface area (Å²) >= 11 is 0. The molecule has 6 nitrogen and oxygen atoms in total. The number of sulfonamides is 1. The second kappa shape index (κ2) is 10.1. The van der Waals surface area contributed by atoms with Gasteiger partial charge < -0.3 is 9.47 Å². The van der Waals surface area contributed by atoms with Crippen LogP contribution in [0.3, 0.4) is 0 Å². The minimum absolute atomic E-state index is 0.154. The lowest BCUT2D eigenvalue weighted by atomic mass is 10.1. The van der Waals surface area contributed by atoms with E-state index in [1.807, 2.05) is 37.3 Å². The van der Waals surface area contributed by atoms with Gasteiger partial charge in [0.1, 0.15) is 5.75 Å². The highest BCUT2D eigenvalue weighted by molar-refractivity contribution is 7.89. The topological polar surface area (TPSA) is 81.7 Å². The third kappa shape index (κ3) is 5.66. The Morgan fingerprint density at radius 3 is 2.28 bits per heavy atom. The molecule has 0 saturated heterocycles. The van der Waals surface area contributed by atoms with Crippen LogP contribution in [0.25, 0.3) is 11.1 Å². The van der Waals surface area contributed by atoms with E-state index < -0.39 is 16.0 Å². The zero-order valence-electron chi connectivity index (χ0n) is 18.8. The minimum atomic E-state index is -3.65. The van der Waals surface area contributed by atoms with Crippen molar-refractivity contribution < 1.29 is 22.7 Å². The first-order valence-corrected chi connectivity index (χ1v) is 12.0. The molecule has 0 spiro atoms. The summed E-state index contributed by atoms with van der Waals surface area (Å²) in [6.45, 7) is 6.28. The Balaban J connectivity index is 1.67. The average molecular weight is 456 g/mol. The molecule has 0 aromatic heterocycles. The fourth-order valence-electron chi connectivity index (χ4n) is 3.47. The van der Waals surface area contributed by atoms with E-state index in [1.54, 1.807) is 18.2 Å². The van der Waals surface area contributed by atoms with Gasteiger partial charge in [-0.05, 0) is 59.7 Å². The van der Waals surface area contributed by atoms with Crippen molar-refractivity contribution in [3.8, 4) is 16.9 Å². The number of aryl methyl sites for hydroxylation is 1. The number of nitrogens with one attached hydrogen (secondary N) is 1. The molecule has 0 bridgehead atoms. The summed E-state index contributed by atoms with van der Waals surface area (Å²) in [5.41, 5.74) is 4.73. The van der Waals surface area contributed by atoms with Gasteiger partial charge in [-0.15, -0.1) is 0 Å². The summed E-state index contributed by atoms with van der Waals surface area (Å²) in [4.78, 5) is 11.4. The van der Waals surface area contributed by atoms with Crippen molar-refractivity contribution in [2.24, 2.45) is 0 Å². The molecule has 0 fully saturated rings. The van der Waals surface area contributed by atoms with Crippen LogP contribution in [0.2, 0.25) is 0 Å². The second-order valence-corrected chi connectivity index (χ2v) is 9.73. The van der Waals surface area contributed by atoms with E-state index in [1.165, 1.54) is 7.11 Å². The molecule has 170 valence electrons. The zero-order chi connectivity index (χ0) is 23.3. The summed E-state index contributed by atoms with van der Waals surface area (Å²) in [6, 6.07) is 16.9. The molecule has 0 radical (unpaired) electrons. The zero-order valence-corrected chi connectivity index (χ0v) is 19.7. The van der Waals surface area contributed by atoms with Crippen molar-refractivity contribution in [1.29, 1.82) is 0 Å². The Morgan fingerprint density at radius 1 is 1.00 bits per heavy atom. The van der Waals surface area contributed by atoms with Gasteiger partial charge in [0.05, 0.1) is 12.0 Å². The lowest BCUT2D eigenvalue weighted by Gasteiger charge is -2.08. The molecule has 0 heterocycles. The molecule has 0 aliphatic heterocycles. The number of benzene rings is 1. The van der Waals surface area contributed by atoms with Crippen molar-refractivity contribution in [3.05, 3.63) is 71.3 Å². The molecule has 1 aromatic carbocycles. The van der Waals surface area contributed by atoms with Gasteiger partial charge in [-0.1, -0.05) is 50.2 Å². The first-order valence-electron chi connectivity index (χ1n) is 10.5. The summed E-state index contributed by atoms with van der Waals surface area (Å²) in [6.07, 6.45) is 0.527. The van der Waals surface area contributed by atoms with Crippen LogP contribution in [-0.2, 0) is 26.0 Å². The monoisotopic (exact) mass is 455 g/mol. The smallest absolute Gasteiger partial charge is 0.343 e. The van der Waals surface area contributed by atoms with Crippen LogP contribution in [0.1, 0.15) is 36.5 Å². The van der Waals surface area contributed by atoms with Crippen LogP contribution in [0.5, 0.6) is 5.75 Å². The number of fused-ring (bicyclic) bond motifs is 1. The maximum Gasteiger partial charge on any atom is 0.343 e. The fraction of sp³-hybridized carbons (Fsp3) is 0.320. The van der Waals surface area contributed by atoms with E-state index in [-0.39, 0.29) is 13.2 Å². The van der Waals surface area contributed by atoms with Crippen LogP contribution in [0.15, 0.2) is 59.5 Å². The maximum atomic E-state index is 13.0.